The fraction of sp³-hybridized carbons (Fsp3) is 0.947. The first-order valence-electron chi connectivity index (χ1n) is 9.84. The van der Waals surface area contributed by atoms with E-state index in [1.807, 2.05) is 0 Å². The van der Waals surface area contributed by atoms with Crippen LogP contribution in [-0.2, 0) is 9.53 Å². The molecule has 0 saturated heterocycles. The van der Waals surface area contributed by atoms with Crippen LogP contribution >= 0.6 is 0 Å². The Bertz CT molecular complexity index is 260. The number of nitrogens with two attached hydrogens (primary N) is 1. The van der Waals surface area contributed by atoms with E-state index in [4.69, 9.17) is 10.5 Å². The summed E-state index contributed by atoms with van der Waals surface area (Å²) in [5.74, 6) is -0.0305. The van der Waals surface area contributed by atoms with Gasteiger partial charge in [0.15, 0.2) is 0 Å². The lowest BCUT2D eigenvalue weighted by molar-refractivity contribution is -0.149. The molecule has 0 bridgehead atoms. The summed E-state index contributed by atoms with van der Waals surface area (Å²) in [6, 6.07) is 0. The van der Waals surface area contributed by atoms with Gasteiger partial charge in [0.25, 0.3) is 0 Å². The highest BCUT2D eigenvalue weighted by Gasteiger charge is 2.11. The lowest BCUT2D eigenvalue weighted by Gasteiger charge is -2.16. The molecule has 0 spiro atoms. The van der Waals surface area contributed by atoms with Crippen molar-refractivity contribution < 1.29 is 9.53 Å². The molecule has 0 saturated carbocycles. The number of esters is 1. The second kappa shape index (κ2) is 17.7. The molecular formula is C19H40N2O2. The summed E-state index contributed by atoms with van der Waals surface area (Å²) >= 11 is 0. The third-order valence-corrected chi connectivity index (χ3v) is 4.18. The van der Waals surface area contributed by atoms with Gasteiger partial charge in [0.1, 0.15) is 6.10 Å². The lowest BCUT2D eigenvalue weighted by Crippen LogP contribution is -2.20. The molecule has 4 nitrogen and oxygen atoms in total. The van der Waals surface area contributed by atoms with Crippen molar-refractivity contribution in [3.05, 3.63) is 0 Å². The number of rotatable bonds is 17. The van der Waals surface area contributed by atoms with Gasteiger partial charge in [0.05, 0.1) is 0 Å². The zero-order chi connectivity index (χ0) is 17.2. The molecule has 0 aromatic rings. The Kier molecular flexibility index (Phi) is 17.3. The maximum atomic E-state index is 11.8. The van der Waals surface area contributed by atoms with Crippen molar-refractivity contribution in [2.24, 2.45) is 5.73 Å². The lowest BCUT2D eigenvalue weighted by atomic mass is 10.1. The van der Waals surface area contributed by atoms with Crippen molar-refractivity contribution in [3.63, 3.8) is 0 Å². The van der Waals surface area contributed by atoms with Crippen LogP contribution in [0.2, 0.25) is 0 Å². The van der Waals surface area contributed by atoms with Crippen molar-refractivity contribution in [1.82, 2.24) is 5.32 Å². The van der Waals surface area contributed by atoms with Gasteiger partial charge in [-0.15, -0.1) is 0 Å². The summed E-state index contributed by atoms with van der Waals surface area (Å²) in [4.78, 5) is 11.8. The second-order valence-corrected chi connectivity index (χ2v) is 6.43. The van der Waals surface area contributed by atoms with E-state index >= 15 is 0 Å². The maximum absolute atomic E-state index is 11.8. The Labute approximate surface area is 143 Å². The van der Waals surface area contributed by atoms with Crippen molar-refractivity contribution in [2.45, 2.75) is 97.0 Å². The minimum atomic E-state index is -0.0305. The molecule has 0 amide bonds. The van der Waals surface area contributed by atoms with Gasteiger partial charge < -0.3 is 15.8 Å². The van der Waals surface area contributed by atoms with Gasteiger partial charge in [0, 0.05) is 6.42 Å². The molecule has 0 aliphatic carbocycles. The van der Waals surface area contributed by atoms with Gasteiger partial charge in [0.2, 0.25) is 0 Å². The van der Waals surface area contributed by atoms with E-state index in [0.717, 1.165) is 45.3 Å². The van der Waals surface area contributed by atoms with Gasteiger partial charge in [-0.2, -0.15) is 0 Å². The standard InChI is InChI=1S/C19H40N2O2/c1-3-5-6-9-13-18(4-2)23-19(22)14-12-17-21-16-11-8-7-10-15-20/h18,21H,3-17,20H2,1-2H3. The SMILES string of the molecule is CCCCCCC(CC)OC(=O)CCCNCCCCCCN. The van der Waals surface area contributed by atoms with E-state index in [-0.39, 0.29) is 12.1 Å². The van der Waals surface area contributed by atoms with E-state index < -0.39 is 0 Å². The van der Waals surface area contributed by atoms with Crippen LogP contribution in [0.25, 0.3) is 0 Å². The summed E-state index contributed by atoms with van der Waals surface area (Å²) < 4.78 is 5.57. The van der Waals surface area contributed by atoms with E-state index in [2.05, 4.69) is 19.2 Å². The highest BCUT2D eigenvalue weighted by molar-refractivity contribution is 5.69. The van der Waals surface area contributed by atoms with Crippen LogP contribution in [0.4, 0.5) is 0 Å². The molecule has 0 fully saturated rings. The molecule has 0 aliphatic heterocycles. The van der Waals surface area contributed by atoms with Gasteiger partial charge >= 0.3 is 5.97 Å². The van der Waals surface area contributed by atoms with Crippen LogP contribution in [0, 0.1) is 0 Å². The van der Waals surface area contributed by atoms with Crippen molar-refractivity contribution >= 4 is 5.97 Å². The molecule has 0 radical (unpaired) electrons. The van der Waals surface area contributed by atoms with Crippen LogP contribution in [0.5, 0.6) is 0 Å². The predicted octanol–water partition coefficient (Wildman–Crippen LogP) is 4.17. The van der Waals surface area contributed by atoms with Gasteiger partial charge in [-0.3, -0.25) is 4.79 Å². The summed E-state index contributed by atoms with van der Waals surface area (Å²) in [7, 11) is 0. The smallest absolute Gasteiger partial charge is 0.306 e. The summed E-state index contributed by atoms with van der Waals surface area (Å²) in [5.41, 5.74) is 5.46. The van der Waals surface area contributed by atoms with Crippen LogP contribution in [0.15, 0.2) is 0 Å². The fourth-order valence-electron chi connectivity index (χ4n) is 2.62. The molecule has 0 heterocycles. The van der Waals surface area contributed by atoms with Crippen LogP contribution in [-0.4, -0.2) is 31.7 Å². The Hall–Kier alpha value is -0.610. The molecular weight excluding hydrogens is 288 g/mol. The van der Waals surface area contributed by atoms with E-state index in [0.29, 0.717) is 6.42 Å². The Morgan fingerprint density at radius 2 is 1.65 bits per heavy atom. The number of carbonyl (C=O) groups is 1. The number of unbranched alkanes of at least 4 members (excludes halogenated alkanes) is 6. The molecule has 1 unspecified atom stereocenters. The normalized spacial score (nSPS) is 12.3. The fourth-order valence-corrected chi connectivity index (χ4v) is 2.62. The second-order valence-electron chi connectivity index (χ2n) is 6.43. The van der Waals surface area contributed by atoms with Crippen molar-refractivity contribution in [3.8, 4) is 0 Å². The van der Waals surface area contributed by atoms with E-state index in [1.54, 1.807) is 0 Å². The summed E-state index contributed by atoms with van der Waals surface area (Å²) in [6.45, 7) is 7.05. The summed E-state index contributed by atoms with van der Waals surface area (Å²) in [5, 5.41) is 3.39. The Morgan fingerprint density at radius 1 is 0.957 bits per heavy atom. The third-order valence-electron chi connectivity index (χ3n) is 4.18. The van der Waals surface area contributed by atoms with Gasteiger partial charge in [-0.25, -0.2) is 0 Å². The first-order valence-corrected chi connectivity index (χ1v) is 9.84. The molecule has 0 rings (SSSR count). The number of carbonyl (C=O) groups excluding carboxylic acids is 1. The zero-order valence-electron chi connectivity index (χ0n) is 15.6. The van der Waals surface area contributed by atoms with Gasteiger partial charge in [-0.05, 0) is 58.2 Å². The van der Waals surface area contributed by atoms with Gasteiger partial charge in [-0.1, -0.05) is 46.0 Å². The molecule has 0 aromatic heterocycles. The first kappa shape index (κ1) is 22.4. The summed E-state index contributed by atoms with van der Waals surface area (Å²) in [6.07, 6.45) is 13.2. The maximum Gasteiger partial charge on any atom is 0.306 e. The quantitative estimate of drug-likeness (QED) is 0.311. The molecule has 23 heavy (non-hydrogen) atoms. The van der Waals surface area contributed by atoms with Crippen molar-refractivity contribution in [1.29, 1.82) is 0 Å². The zero-order valence-corrected chi connectivity index (χ0v) is 15.6. The Morgan fingerprint density at radius 3 is 2.35 bits per heavy atom. The van der Waals surface area contributed by atoms with E-state index in [1.165, 1.54) is 44.9 Å². The van der Waals surface area contributed by atoms with Crippen molar-refractivity contribution in [2.75, 3.05) is 19.6 Å². The molecule has 0 aromatic carbocycles. The highest BCUT2D eigenvalue weighted by atomic mass is 16.5. The van der Waals surface area contributed by atoms with E-state index in [9.17, 15) is 4.79 Å². The number of nitrogens with one attached hydrogen (secondary N) is 1. The van der Waals surface area contributed by atoms with Crippen LogP contribution < -0.4 is 11.1 Å². The largest absolute Gasteiger partial charge is 0.462 e. The van der Waals surface area contributed by atoms with Crippen LogP contribution in [0.3, 0.4) is 0 Å². The first-order chi connectivity index (χ1) is 11.2. The average molecular weight is 329 g/mol. The molecule has 0 aliphatic rings. The molecule has 138 valence electrons. The Balaban J connectivity index is 3.46. The molecule has 3 N–H and O–H groups in total. The highest BCUT2D eigenvalue weighted by Crippen LogP contribution is 2.12. The number of hydrogen-bond donors (Lipinski definition) is 2. The third kappa shape index (κ3) is 16.0. The number of ether oxygens (including phenoxy) is 1. The van der Waals surface area contributed by atoms with Crippen LogP contribution in [0.1, 0.15) is 90.9 Å². The number of hydrogen-bond acceptors (Lipinski definition) is 4. The topological polar surface area (TPSA) is 64.3 Å². The average Bonchev–Trinajstić information content (AvgIpc) is 2.56. The minimum Gasteiger partial charge on any atom is -0.462 e. The molecule has 4 heteroatoms. The monoisotopic (exact) mass is 328 g/mol. The molecule has 1 atom stereocenters. The minimum absolute atomic E-state index is 0.0305. The predicted molar refractivity (Wildman–Crippen MR) is 98.6 cm³/mol.